The van der Waals surface area contributed by atoms with Crippen LogP contribution in [0.3, 0.4) is 0 Å². The predicted octanol–water partition coefficient (Wildman–Crippen LogP) is 3.40. The fraction of sp³-hybridized carbons (Fsp3) is 0.100. The Bertz CT molecular complexity index is 1230. The van der Waals surface area contributed by atoms with E-state index in [4.69, 9.17) is 16.3 Å². The highest BCUT2D eigenvalue weighted by atomic mass is 35.5. The van der Waals surface area contributed by atoms with Crippen LogP contribution in [0.2, 0.25) is 5.02 Å². The van der Waals surface area contributed by atoms with Crippen molar-refractivity contribution >= 4 is 23.2 Å². The van der Waals surface area contributed by atoms with E-state index in [0.29, 0.717) is 22.1 Å². The van der Waals surface area contributed by atoms with Crippen LogP contribution >= 0.6 is 11.6 Å². The van der Waals surface area contributed by atoms with E-state index in [1.54, 1.807) is 30.5 Å². The molecule has 0 aliphatic heterocycles. The molecule has 3 aromatic heterocycles. The molecule has 0 amide bonds. The minimum Gasteiger partial charge on any atom is -0.454 e. The molecule has 0 fully saturated rings. The first-order chi connectivity index (χ1) is 13.5. The normalized spacial score (nSPS) is 10.9. The molecule has 7 nitrogen and oxygen atoms in total. The van der Waals surface area contributed by atoms with Gasteiger partial charge >= 0.3 is 5.97 Å². The molecular weight excluding hydrogens is 380 g/mol. The zero-order valence-corrected chi connectivity index (χ0v) is 15.6. The van der Waals surface area contributed by atoms with E-state index in [1.807, 2.05) is 25.1 Å². The molecule has 0 bridgehead atoms. The number of carbonyl (C=O) groups is 1. The maximum absolute atomic E-state index is 12.3. The van der Waals surface area contributed by atoms with Crippen LogP contribution in [0.1, 0.15) is 21.7 Å². The summed E-state index contributed by atoms with van der Waals surface area (Å²) in [6.07, 6.45) is 1.71. The molecule has 1 N–H and O–H groups in total. The number of ether oxygens (including phenoxy) is 1. The number of nitrogens with one attached hydrogen (secondary N) is 1. The fourth-order valence-electron chi connectivity index (χ4n) is 2.74. The number of H-pyrrole nitrogens is 1. The topological polar surface area (TPSA) is 89.3 Å². The molecule has 0 saturated heterocycles. The monoisotopic (exact) mass is 394 g/mol. The van der Waals surface area contributed by atoms with Crippen molar-refractivity contribution < 1.29 is 9.53 Å². The van der Waals surface area contributed by atoms with Crippen LogP contribution in [0.15, 0.2) is 59.5 Å². The molecule has 140 valence electrons. The third-order valence-corrected chi connectivity index (χ3v) is 4.40. The van der Waals surface area contributed by atoms with Crippen molar-refractivity contribution in [2.45, 2.75) is 13.5 Å². The molecule has 4 rings (SSSR count). The molecule has 0 aliphatic rings. The van der Waals surface area contributed by atoms with E-state index in [-0.39, 0.29) is 17.9 Å². The highest BCUT2D eigenvalue weighted by Crippen LogP contribution is 2.20. The van der Waals surface area contributed by atoms with E-state index >= 15 is 0 Å². The molecule has 3 heterocycles. The van der Waals surface area contributed by atoms with Crippen LogP contribution in [0, 0.1) is 6.92 Å². The van der Waals surface area contributed by atoms with Crippen LogP contribution < -0.4 is 5.56 Å². The number of aryl methyl sites for hydroxylation is 1. The third-order valence-electron chi connectivity index (χ3n) is 4.15. The second-order valence-electron chi connectivity index (χ2n) is 6.27. The number of pyridine rings is 1. The van der Waals surface area contributed by atoms with Crippen molar-refractivity contribution in [3.05, 3.63) is 87.1 Å². The Kier molecular flexibility index (Phi) is 4.67. The molecule has 0 aliphatic carbocycles. The first-order valence-electron chi connectivity index (χ1n) is 8.47. The molecule has 0 atom stereocenters. The Labute approximate surface area is 164 Å². The van der Waals surface area contributed by atoms with Gasteiger partial charge in [0.2, 0.25) is 0 Å². The second-order valence-corrected chi connectivity index (χ2v) is 6.71. The number of fused-ring (bicyclic) bond motifs is 1. The minimum absolute atomic E-state index is 0.117. The van der Waals surface area contributed by atoms with Gasteiger partial charge in [0.25, 0.3) is 5.56 Å². The molecular formula is C20H15ClN4O3. The summed E-state index contributed by atoms with van der Waals surface area (Å²) in [7, 11) is 0. The number of hydrogen-bond acceptors (Lipinski definition) is 5. The molecule has 0 unspecified atom stereocenters. The van der Waals surface area contributed by atoms with Gasteiger partial charge in [0.1, 0.15) is 17.9 Å². The summed E-state index contributed by atoms with van der Waals surface area (Å²) >= 11 is 5.88. The number of halogens is 1. The average Bonchev–Trinajstić information content (AvgIpc) is 3.17. The van der Waals surface area contributed by atoms with Crippen molar-refractivity contribution in [3.63, 3.8) is 0 Å². The van der Waals surface area contributed by atoms with Gasteiger partial charge in [-0.2, -0.15) is 5.10 Å². The molecule has 0 radical (unpaired) electrons. The van der Waals surface area contributed by atoms with E-state index in [2.05, 4.69) is 15.2 Å². The molecule has 8 heteroatoms. The number of aromatic amines is 1. The van der Waals surface area contributed by atoms with Gasteiger partial charge in [-0.15, -0.1) is 0 Å². The fourth-order valence-corrected chi connectivity index (χ4v) is 2.87. The quantitative estimate of drug-likeness (QED) is 0.536. The number of esters is 1. The second kappa shape index (κ2) is 7.28. The minimum atomic E-state index is -0.585. The molecule has 4 aromatic rings. The summed E-state index contributed by atoms with van der Waals surface area (Å²) < 4.78 is 6.72. The van der Waals surface area contributed by atoms with Gasteiger partial charge in [-0.3, -0.25) is 14.3 Å². The number of nitrogens with zero attached hydrogens (tertiary/aromatic N) is 3. The number of aromatic nitrogens is 4. The van der Waals surface area contributed by atoms with Gasteiger partial charge in [0.15, 0.2) is 0 Å². The van der Waals surface area contributed by atoms with Crippen LogP contribution in [0.4, 0.5) is 0 Å². The zero-order valence-electron chi connectivity index (χ0n) is 14.8. The number of benzene rings is 1. The van der Waals surface area contributed by atoms with Crippen LogP contribution in [-0.4, -0.2) is 25.6 Å². The summed E-state index contributed by atoms with van der Waals surface area (Å²) in [5, 5.41) is 7.39. The first-order valence-corrected chi connectivity index (χ1v) is 8.85. The Morgan fingerprint density at radius 1 is 1.18 bits per heavy atom. The summed E-state index contributed by atoms with van der Waals surface area (Å²) in [6, 6.07) is 13.7. The number of rotatable bonds is 4. The van der Waals surface area contributed by atoms with Crippen molar-refractivity contribution in [1.82, 2.24) is 19.6 Å². The molecule has 0 spiro atoms. The molecule has 28 heavy (non-hydrogen) atoms. The lowest BCUT2D eigenvalue weighted by molar-refractivity contribution is 0.0460. The lowest BCUT2D eigenvalue weighted by Crippen LogP contribution is -2.17. The van der Waals surface area contributed by atoms with E-state index in [0.717, 1.165) is 11.1 Å². The van der Waals surface area contributed by atoms with Crippen molar-refractivity contribution in [2.24, 2.45) is 0 Å². The molecule has 0 saturated carbocycles. The highest BCUT2D eigenvalue weighted by molar-refractivity contribution is 6.30. The number of carbonyl (C=O) groups excluding carboxylic acids is 1. The third kappa shape index (κ3) is 3.65. The Morgan fingerprint density at radius 3 is 2.75 bits per heavy atom. The maximum atomic E-state index is 12.3. The van der Waals surface area contributed by atoms with E-state index in [1.165, 1.54) is 10.5 Å². The van der Waals surface area contributed by atoms with Gasteiger partial charge in [-0.05, 0) is 36.8 Å². The van der Waals surface area contributed by atoms with Crippen molar-refractivity contribution in [3.8, 4) is 11.3 Å². The largest absolute Gasteiger partial charge is 0.454 e. The first kappa shape index (κ1) is 17.9. The Balaban J connectivity index is 1.49. The summed E-state index contributed by atoms with van der Waals surface area (Å²) in [5.74, 6) is -0.585. The number of hydrogen-bond donors (Lipinski definition) is 1. The smallest absolute Gasteiger partial charge is 0.356 e. The Hall–Kier alpha value is -3.45. The van der Waals surface area contributed by atoms with Crippen LogP contribution in [0.25, 0.3) is 16.9 Å². The van der Waals surface area contributed by atoms with E-state index in [9.17, 15) is 9.59 Å². The standard InChI is InChI=1S/C20H15ClN4O3/c1-12-2-7-18-22-15(8-19(26)25(18)10-12)11-28-20(27)17-9-16(23-24-17)13-3-5-14(21)6-4-13/h2-10H,11H2,1H3,(H,23,24). The van der Waals surface area contributed by atoms with Gasteiger partial charge in [0, 0.05) is 22.8 Å². The van der Waals surface area contributed by atoms with Crippen molar-refractivity contribution in [1.29, 1.82) is 0 Å². The molecule has 1 aromatic carbocycles. The average molecular weight is 395 g/mol. The Morgan fingerprint density at radius 2 is 1.96 bits per heavy atom. The lowest BCUT2D eigenvalue weighted by atomic mass is 10.1. The zero-order chi connectivity index (χ0) is 19.7. The van der Waals surface area contributed by atoms with Gasteiger partial charge in [0.05, 0.1) is 11.4 Å². The lowest BCUT2D eigenvalue weighted by Gasteiger charge is -2.05. The summed E-state index contributed by atoms with van der Waals surface area (Å²) in [5.41, 5.74) is 3.21. The SMILES string of the molecule is Cc1ccc2nc(COC(=O)c3cc(-c4ccc(Cl)cc4)n[nH]3)cc(=O)n2c1. The van der Waals surface area contributed by atoms with Crippen LogP contribution in [0.5, 0.6) is 0 Å². The predicted molar refractivity (Wildman–Crippen MR) is 104 cm³/mol. The van der Waals surface area contributed by atoms with E-state index < -0.39 is 5.97 Å². The maximum Gasteiger partial charge on any atom is 0.356 e. The van der Waals surface area contributed by atoms with Gasteiger partial charge < -0.3 is 4.74 Å². The van der Waals surface area contributed by atoms with Crippen LogP contribution in [-0.2, 0) is 11.3 Å². The summed E-state index contributed by atoms with van der Waals surface area (Å²) in [6.45, 7) is 1.78. The van der Waals surface area contributed by atoms with Crippen molar-refractivity contribution in [2.75, 3.05) is 0 Å². The van der Waals surface area contributed by atoms with Gasteiger partial charge in [-0.25, -0.2) is 9.78 Å². The highest BCUT2D eigenvalue weighted by Gasteiger charge is 2.13. The summed E-state index contributed by atoms with van der Waals surface area (Å²) in [4.78, 5) is 28.8. The van der Waals surface area contributed by atoms with Gasteiger partial charge in [-0.1, -0.05) is 29.8 Å².